The summed E-state index contributed by atoms with van der Waals surface area (Å²) in [7, 11) is -3.13. The topological polar surface area (TPSA) is 69.7 Å². The van der Waals surface area contributed by atoms with Crippen molar-refractivity contribution in [3.63, 3.8) is 0 Å². The van der Waals surface area contributed by atoms with Crippen molar-refractivity contribution >= 4 is 16.1 Å². The number of amides is 2. The molecule has 1 N–H and O–H groups in total. The third-order valence-corrected chi connectivity index (χ3v) is 5.48. The van der Waals surface area contributed by atoms with Crippen molar-refractivity contribution in [1.29, 1.82) is 0 Å². The van der Waals surface area contributed by atoms with Crippen LogP contribution in [0, 0.1) is 0 Å². The fourth-order valence-corrected chi connectivity index (χ4v) is 3.74. The Morgan fingerprint density at radius 2 is 1.55 bits per heavy atom. The summed E-state index contributed by atoms with van der Waals surface area (Å²) in [6.07, 6.45) is 8.25. The van der Waals surface area contributed by atoms with E-state index in [2.05, 4.69) is 5.32 Å². The molecule has 0 bridgehead atoms. The van der Waals surface area contributed by atoms with Gasteiger partial charge in [0.2, 0.25) is 10.0 Å². The summed E-state index contributed by atoms with van der Waals surface area (Å²) < 4.78 is 24.3. The average molecular weight is 303 g/mol. The van der Waals surface area contributed by atoms with Gasteiger partial charge < -0.3 is 10.2 Å². The van der Waals surface area contributed by atoms with Crippen molar-refractivity contribution < 1.29 is 13.2 Å². The van der Waals surface area contributed by atoms with Crippen LogP contribution >= 0.6 is 0 Å². The molecule has 0 aromatic carbocycles. The summed E-state index contributed by atoms with van der Waals surface area (Å²) in [5, 5.41) is 3.10. The maximum absolute atomic E-state index is 12.2. The summed E-state index contributed by atoms with van der Waals surface area (Å²) >= 11 is 0. The lowest BCUT2D eigenvalue weighted by atomic mass is 10.1. The number of sulfonamides is 1. The van der Waals surface area contributed by atoms with Gasteiger partial charge in [0.1, 0.15) is 0 Å². The van der Waals surface area contributed by atoms with Crippen molar-refractivity contribution in [2.45, 2.75) is 44.6 Å². The van der Waals surface area contributed by atoms with E-state index in [1.165, 1.54) is 36.2 Å². The zero-order chi connectivity index (χ0) is 14.6. The van der Waals surface area contributed by atoms with Gasteiger partial charge in [0.05, 0.1) is 6.26 Å². The predicted molar refractivity (Wildman–Crippen MR) is 78.0 cm³/mol. The monoisotopic (exact) mass is 303 g/mol. The Balaban J connectivity index is 1.79. The van der Waals surface area contributed by atoms with Crippen molar-refractivity contribution in [3.05, 3.63) is 0 Å². The van der Waals surface area contributed by atoms with E-state index in [0.717, 1.165) is 12.8 Å². The minimum Gasteiger partial charge on any atom is -0.335 e. The Kier molecular flexibility index (Phi) is 5.26. The number of carbonyl (C=O) groups is 1. The number of nitrogens with one attached hydrogen (secondary N) is 1. The molecule has 1 saturated carbocycles. The molecule has 20 heavy (non-hydrogen) atoms. The predicted octanol–water partition coefficient (Wildman–Crippen LogP) is 0.996. The van der Waals surface area contributed by atoms with Crippen LogP contribution in [0.15, 0.2) is 0 Å². The third-order valence-electron chi connectivity index (χ3n) is 4.18. The maximum atomic E-state index is 12.2. The van der Waals surface area contributed by atoms with Crippen LogP contribution in [-0.2, 0) is 10.0 Å². The molecule has 2 amide bonds. The molecule has 1 saturated heterocycles. The Hall–Kier alpha value is -0.820. The van der Waals surface area contributed by atoms with Gasteiger partial charge in [-0.05, 0) is 12.8 Å². The maximum Gasteiger partial charge on any atom is 0.317 e. The molecule has 0 aromatic rings. The van der Waals surface area contributed by atoms with Gasteiger partial charge in [0.15, 0.2) is 0 Å². The lowest BCUT2D eigenvalue weighted by Gasteiger charge is -2.34. The minimum absolute atomic E-state index is 0.0370. The molecule has 1 aliphatic heterocycles. The molecule has 2 fully saturated rings. The molecule has 2 aliphatic rings. The van der Waals surface area contributed by atoms with E-state index >= 15 is 0 Å². The van der Waals surface area contributed by atoms with E-state index in [1.807, 2.05) is 0 Å². The van der Waals surface area contributed by atoms with E-state index in [-0.39, 0.29) is 12.1 Å². The Bertz CT molecular complexity index is 422. The van der Waals surface area contributed by atoms with Gasteiger partial charge in [-0.2, -0.15) is 4.31 Å². The van der Waals surface area contributed by atoms with Gasteiger partial charge in [-0.15, -0.1) is 0 Å². The summed E-state index contributed by atoms with van der Waals surface area (Å²) in [5.74, 6) is 0. The van der Waals surface area contributed by atoms with Crippen LogP contribution in [0.25, 0.3) is 0 Å². The zero-order valence-electron chi connectivity index (χ0n) is 12.2. The number of nitrogens with zero attached hydrogens (tertiary/aromatic N) is 2. The molecular formula is C13H25N3O3S. The van der Waals surface area contributed by atoms with Crippen LogP contribution in [0.2, 0.25) is 0 Å². The van der Waals surface area contributed by atoms with Crippen LogP contribution in [0.4, 0.5) is 4.79 Å². The quantitative estimate of drug-likeness (QED) is 0.774. The standard InChI is InChI=1S/C13H25N3O3S/c1-20(18,19)16-10-8-15(9-11-16)13(17)14-12-6-4-2-3-5-7-12/h12H,2-11H2,1H3,(H,14,17). The summed E-state index contributed by atoms with van der Waals surface area (Å²) in [6.45, 7) is 1.76. The summed E-state index contributed by atoms with van der Waals surface area (Å²) in [5.41, 5.74) is 0. The van der Waals surface area contributed by atoms with Crippen molar-refractivity contribution in [1.82, 2.24) is 14.5 Å². The first-order valence-corrected chi connectivity index (χ1v) is 9.32. The van der Waals surface area contributed by atoms with E-state index in [0.29, 0.717) is 26.2 Å². The highest BCUT2D eigenvalue weighted by molar-refractivity contribution is 7.88. The third kappa shape index (κ3) is 4.34. The minimum atomic E-state index is -3.13. The van der Waals surface area contributed by atoms with E-state index < -0.39 is 10.0 Å². The molecule has 0 aromatic heterocycles. The van der Waals surface area contributed by atoms with Crippen LogP contribution in [0.5, 0.6) is 0 Å². The van der Waals surface area contributed by atoms with E-state index in [4.69, 9.17) is 0 Å². The van der Waals surface area contributed by atoms with Gasteiger partial charge in [0.25, 0.3) is 0 Å². The second-order valence-electron chi connectivity index (χ2n) is 5.79. The zero-order valence-corrected chi connectivity index (χ0v) is 13.0. The average Bonchev–Trinajstić information content (AvgIpc) is 2.66. The molecule has 116 valence electrons. The first-order chi connectivity index (χ1) is 9.47. The first kappa shape index (κ1) is 15.6. The molecule has 7 heteroatoms. The van der Waals surface area contributed by atoms with E-state index in [9.17, 15) is 13.2 Å². The summed E-state index contributed by atoms with van der Waals surface area (Å²) in [4.78, 5) is 13.9. The van der Waals surface area contributed by atoms with Crippen LogP contribution in [0.3, 0.4) is 0 Å². The molecule has 0 atom stereocenters. The number of rotatable bonds is 2. The fraction of sp³-hybridized carbons (Fsp3) is 0.923. The fourth-order valence-electron chi connectivity index (χ4n) is 2.91. The highest BCUT2D eigenvalue weighted by Gasteiger charge is 2.27. The second-order valence-corrected chi connectivity index (χ2v) is 7.77. The van der Waals surface area contributed by atoms with Gasteiger partial charge in [-0.3, -0.25) is 0 Å². The van der Waals surface area contributed by atoms with Crippen molar-refractivity contribution in [3.8, 4) is 0 Å². The second kappa shape index (κ2) is 6.76. The van der Waals surface area contributed by atoms with Gasteiger partial charge in [-0.25, -0.2) is 13.2 Å². The SMILES string of the molecule is CS(=O)(=O)N1CCN(C(=O)NC2CCCCCC2)CC1. The number of urea groups is 1. The molecular weight excluding hydrogens is 278 g/mol. The Morgan fingerprint density at radius 1 is 1.00 bits per heavy atom. The van der Waals surface area contributed by atoms with Gasteiger partial charge >= 0.3 is 6.03 Å². The molecule has 6 nitrogen and oxygen atoms in total. The lowest BCUT2D eigenvalue weighted by Crippen LogP contribution is -2.54. The number of hydrogen-bond acceptors (Lipinski definition) is 3. The number of hydrogen-bond donors (Lipinski definition) is 1. The number of carbonyl (C=O) groups excluding carboxylic acids is 1. The lowest BCUT2D eigenvalue weighted by molar-refractivity contribution is 0.168. The van der Waals surface area contributed by atoms with E-state index in [1.54, 1.807) is 4.90 Å². The molecule has 0 spiro atoms. The Labute approximate surface area is 121 Å². The molecule has 2 rings (SSSR count). The van der Waals surface area contributed by atoms with Crippen LogP contribution < -0.4 is 5.32 Å². The summed E-state index contributed by atoms with van der Waals surface area (Å²) in [6, 6.07) is 0.253. The molecule has 0 unspecified atom stereocenters. The Morgan fingerprint density at radius 3 is 2.05 bits per heavy atom. The first-order valence-electron chi connectivity index (χ1n) is 7.47. The normalized spacial score (nSPS) is 23.4. The van der Waals surface area contributed by atoms with Gasteiger partial charge in [0, 0.05) is 32.2 Å². The highest BCUT2D eigenvalue weighted by Crippen LogP contribution is 2.17. The highest BCUT2D eigenvalue weighted by atomic mass is 32.2. The molecule has 0 radical (unpaired) electrons. The molecule has 1 aliphatic carbocycles. The van der Waals surface area contributed by atoms with Crippen LogP contribution in [0.1, 0.15) is 38.5 Å². The van der Waals surface area contributed by atoms with Gasteiger partial charge in [-0.1, -0.05) is 25.7 Å². The van der Waals surface area contributed by atoms with Crippen LogP contribution in [-0.4, -0.2) is 62.1 Å². The van der Waals surface area contributed by atoms with Crippen molar-refractivity contribution in [2.75, 3.05) is 32.4 Å². The number of piperazine rings is 1. The smallest absolute Gasteiger partial charge is 0.317 e. The molecule has 1 heterocycles. The van der Waals surface area contributed by atoms with Crippen molar-refractivity contribution in [2.24, 2.45) is 0 Å². The largest absolute Gasteiger partial charge is 0.335 e.